The molecule has 3 rings (SSSR count). The minimum absolute atomic E-state index is 0.0305. The average molecular weight is 368 g/mol. The predicted molar refractivity (Wildman–Crippen MR) is 102 cm³/mol. The Morgan fingerprint density at radius 2 is 2.04 bits per heavy atom. The molecule has 1 fully saturated rings. The molecule has 1 aliphatic rings. The fourth-order valence-corrected chi connectivity index (χ4v) is 3.09. The molecule has 1 aliphatic heterocycles. The molecule has 1 atom stereocenters. The van der Waals surface area contributed by atoms with Crippen LogP contribution < -0.4 is 15.5 Å². The fourth-order valence-electron chi connectivity index (χ4n) is 3.09. The zero-order valence-corrected chi connectivity index (χ0v) is 15.4. The topological polar surface area (TPSA) is 100 Å². The molecule has 2 aromatic rings. The standard InChI is InChI=1S/C19H24N6O2/c1-14-5-2-7-16(23-14)24-17(26)8-11-20-18(27)15-6-3-12-25(13-15)19-21-9-4-10-22-19/h2,4-5,7,9-10,15H,3,6,8,11-13H2,1H3,(H,20,27)(H,23,24,26). The van der Waals surface area contributed by atoms with Gasteiger partial charge in [-0.25, -0.2) is 15.0 Å². The third-order valence-electron chi connectivity index (χ3n) is 4.43. The molecule has 2 amide bonds. The van der Waals surface area contributed by atoms with E-state index in [4.69, 9.17) is 0 Å². The van der Waals surface area contributed by atoms with Gasteiger partial charge in [0.1, 0.15) is 5.82 Å². The summed E-state index contributed by atoms with van der Waals surface area (Å²) in [5.74, 6) is 0.856. The molecule has 0 aromatic carbocycles. The van der Waals surface area contributed by atoms with Crippen molar-refractivity contribution in [1.29, 1.82) is 0 Å². The van der Waals surface area contributed by atoms with Crippen LogP contribution in [0.2, 0.25) is 0 Å². The van der Waals surface area contributed by atoms with Crippen LogP contribution in [0.15, 0.2) is 36.7 Å². The van der Waals surface area contributed by atoms with Gasteiger partial charge in [-0.3, -0.25) is 9.59 Å². The fraction of sp³-hybridized carbons (Fsp3) is 0.421. The number of hydrogen-bond acceptors (Lipinski definition) is 6. The Morgan fingerprint density at radius 3 is 2.81 bits per heavy atom. The van der Waals surface area contributed by atoms with Crippen molar-refractivity contribution in [1.82, 2.24) is 20.3 Å². The van der Waals surface area contributed by atoms with E-state index in [0.29, 0.717) is 24.9 Å². The zero-order chi connectivity index (χ0) is 19.1. The Hall–Kier alpha value is -3.03. The molecule has 0 bridgehead atoms. The van der Waals surface area contributed by atoms with E-state index in [9.17, 15) is 9.59 Å². The van der Waals surface area contributed by atoms with Crippen LogP contribution in [0.5, 0.6) is 0 Å². The third-order valence-corrected chi connectivity index (χ3v) is 4.43. The minimum atomic E-state index is -0.170. The lowest BCUT2D eigenvalue weighted by Crippen LogP contribution is -2.44. The summed E-state index contributed by atoms with van der Waals surface area (Å²) in [6.45, 7) is 3.60. The van der Waals surface area contributed by atoms with Gasteiger partial charge in [0.25, 0.3) is 0 Å². The van der Waals surface area contributed by atoms with E-state index in [1.165, 1.54) is 0 Å². The summed E-state index contributed by atoms with van der Waals surface area (Å²) in [4.78, 5) is 39.2. The number of pyridine rings is 1. The number of anilines is 2. The Morgan fingerprint density at radius 1 is 1.22 bits per heavy atom. The number of carbonyl (C=O) groups is 2. The molecule has 0 aliphatic carbocycles. The van der Waals surface area contributed by atoms with Crippen molar-refractivity contribution in [2.24, 2.45) is 5.92 Å². The monoisotopic (exact) mass is 368 g/mol. The number of carbonyl (C=O) groups excluding carboxylic acids is 2. The van der Waals surface area contributed by atoms with Crippen LogP contribution in [-0.2, 0) is 9.59 Å². The van der Waals surface area contributed by atoms with Crippen LogP contribution in [0.3, 0.4) is 0 Å². The first-order valence-electron chi connectivity index (χ1n) is 9.15. The van der Waals surface area contributed by atoms with Gasteiger partial charge in [-0.05, 0) is 38.0 Å². The maximum Gasteiger partial charge on any atom is 0.227 e. The van der Waals surface area contributed by atoms with Crippen molar-refractivity contribution >= 4 is 23.6 Å². The summed E-state index contributed by atoms with van der Waals surface area (Å²) in [5, 5.41) is 5.60. The van der Waals surface area contributed by atoms with Gasteiger partial charge in [0.15, 0.2) is 0 Å². The number of nitrogens with zero attached hydrogens (tertiary/aromatic N) is 4. The second-order valence-corrected chi connectivity index (χ2v) is 6.59. The largest absolute Gasteiger partial charge is 0.355 e. The Bertz CT molecular complexity index is 783. The highest BCUT2D eigenvalue weighted by Gasteiger charge is 2.26. The van der Waals surface area contributed by atoms with Crippen molar-refractivity contribution in [3.63, 3.8) is 0 Å². The molecule has 2 N–H and O–H groups in total. The van der Waals surface area contributed by atoms with E-state index in [-0.39, 0.29) is 24.2 Å². The number of aromatic nitrogens is 3. The molecule has 8 heteroatoms. The van der Waals surface area contributed by atoms with Crippen LogP contribution in [0, 0.1) is 12.8 Å². The molecular formula is C19H24N6O2. The molecule has 0 radical (unpaired) electrons. The van der Waals surface area contributed by atoms with Crippen LogP contribution in [0.1, 0.15) is 25.0 Å². The molecule has 0 saturated carbocycles. The van der Waals surface area contributed by atoms with Gasteiger partial charge in [0, 0.05) is 44.1 Å². The Balaban J connectivity index is 1.43. The van der Waals surface area contributed by atoms with Crippen molar-refractivity contribution in [3.8, 4) is 0 Å². The third kappa shape index (κ3) is 5.47. The number of aryl methyl sites for hydroxylation is 1. The molecule has 3 heterocycles. The first-order chi connectivity index (χ1) is 13.1. The first kappa shape index (κ1) is 18.8. The molecule has 0 spiro atoms. The predicted octanol–water partition coefficient (Wildman–Crippen LogP) is 1.54. The van der Waals surface area contributed by atoms with Crippen LogP contribution in [-0.4, -0.2) is 46.4 Å². The highest BCUT2D eigenvalue weighted by Crippen LogP contribution is 2.20. The SMILES string of the molecule is Cc1cccc(NC(=O)CCNC(=O)C2CCCN(c3ncccn3)C2)n1. The van der Waals surface area contributed by atoms with Gasteiger partial charge in [0.05, 0.1) is 5.92 Å². The van der Waals surface area contributed by atoms with E-state index < -0.39 is 0 Å². The van der Waals surface area contributed by atoms with Gasteiger partial charge in [-0.2, -0.15) is 0 Å². The van der Waals surface area contributed by atoms with Crippen molar-refractivity contribution in [2.45, 2.75) is 26.2 Å². The summed E-state index contributed by atoms with van der Waals surface area (Å²) in [5.41, 5.74) is 0.838. The lowest BCUT2D eigenvalue weighted by molar-refractivity contribution is -0.125. The van der Waals surface area contributed by atoms with Crippen LogP contribution >= 0.6 is 0 Å². The van der Waals surface area contributed by atoms with Crippen LogP contribution in [0.4, 0.5) is 11.8 Å². The number of hydrogen-bond donors (Lipinski definition) is 2. The summed E-state index contributed by atoms with van der Waals surface area (Å²) in [6, 6.07) is 7.22. The zero-order valence-electron chi connectivity index (χ0n) is 15.4. The lowest BCUT2D eigenvalue weighted by atomic mass is 9.97. The molecule has 1 saturated heterocycles. The highest BCUT2D eigenvalue weighted by atomic mass is 16.2. The second kappa shape index (κ2) is 9.07. The highest BCUT2D eigenvalue weighted by molar-refractivity contribution is 5.90. The molecule has 142 valence electrons. The van der Waals surface area contributed by atoms with E-state index in [1.807, 2.05) is 24.0 Å². The molecule has 8 nitrogen and oxygen atoms in total. The van der Waals surface area contributed by atoms with Crippen molar-refractivity contribution < 1.29 is 9.59 Å². The molecule has 27 heavy (non-hydrogen) atoms. The van der Waals surface area contributed by atoms with E-state index in [1.54, 1.807) is 24.5 Å². The molecule has 2 aromatic heterocycles. The summed E-state index contributed by atoms with van der Waals surface area (Å²) >= 11 is 0. The minimum Gasteiger partial charge on any atom is -0.355 e. The number of rotatable bonds is 6. The average Bonchev–Trinajstić information content (AvgIpc) is 2.68. The van der Waals surface area contributed by atoms with Gasteiger partial charge in [-0.1, -0.05) is 6.07 Å². The Labute approximate surface area is 158 Å². The van der Waals surface area contributed by atoms with E-state index in [2.05, 4.69) is 25.6 Å². The molecular weight excluding hydrogens is 344 g/mol. The van der Waals surface area contributed by atoms with Gasteiger partial charge in [-0.15, -0.1) is 0 Å². The summed E-state index contributed by atoms with van der Waals surface area (Å²) < 4.78 is 0. The first-order valence-corrected chi connectivity index (χ1v) is 9.15. The van der Waals surface area contributed by atoms with Gasteiger partial charge >= 0.3 is 0 Å². The number of nitrogens with one attached hydrogen (secondary N) is 2. The maximum atomic E-state index is 12.4. The number of piperidine rings is 1. The Kier molecular flexibility index (Phi) is 6.30. The van der Waals surface area contributed by atoms with Crippen LogP contribution in [0.25, 0.3) is 0 Å². The smallest absolute Gasteiger partial charge is 0.227 e. The summed E-state index contributed by atoms with van der Waals surface area (Å²) in [6.07, 6.45) is 5.35. The van der Waals surface area contributed by atoms with E-state index in [0.717, 1.165) is 25.1 Å². The van der Waals surface area contributed by atoms with Crippen molar-refractivity contribution in [3.05, 3.63) is 42.4 Å². The second-order valence-electron chi connectivity index (χ2n) is 6.59. The van der Waals surface area contributed by atoms with Gasteiger partial charge in [0.2, 0.25) is 17.8 Å². The van der Waals surface area contributed by atoms with Crippen molar-refractivity contribution in [2.75, 3.05) is 29.9 Å². The summed E-state index contributed by atoms with van der Waals surface area (Å²) in [7, 11) is 0. The van der Waals surface area contributed by atoms with Gasteiger partial charge < -0.3 is 15.5 Å². The quantitative estimate of drug-likeness (QED) is 0.802. The normalized spacial score (nSPS) is 16.6. The number of amides is 2. The molecule has 1 unspecified atom stereocenters. The maximum absolute atomic E-state index is 12.4. The lowest BCUT2D eigenvalue weighted by Gasteiger charge is -2.31. The van der Waals surface area contributed by atoms with E-state index >= 15 is 0 Å².